The molecule has 0 aliphatic carbocycles. The van der Waals surface area contributed by atoms with Gasteiger partial charge in [-0.3, -0.25) is 0 Å². The van der Waals surface area contributed by atoms with Crippen molar-refractivity contribution in [1.82, 2.24) is 15.2 Å². The van der Waals surface area contributed by atoms with Crippen LogP contribution in [0.5, 0.6) is 10.9 Å². The average Bonchev–Trinajstić information content (AvgIpc) is 3.11. The maximum absolute atomic E-state index is 13.4. The lowest BCUT2D eigenvalue weighted by Gasteiger charge is -2.02. The first-order valence-electron chi connectivity index (χ1n) is 6.55. The van der Waals surface area contributed by atoms with Gasteiger partial charge in [-0.05, 0) is 12.1 Å². The molecule has 0 fully saturated rings. The molecule has 0 radical (unpaired) electrons. The standard InChI is InChI=1S/C14H13FN4O2S.ClH/c1-7(2)12-18-19-13(21-12)11-6-22-14(17-11)20-8-3-4-10(16)9(15)5-8;/h3-7H,16H2,1-2H3;1H. The van der Waals surface area contributed by atoms with E-state index in [9.17, 15) is 4.39 Å². The minimum atomic E-state index is -0.534. The first-order valence-corrected chi connectivity index (χ1v) is 7.43. The molecule has 6 nitrogen and oxygen atoms in total. The summed E-state index contributed by atoms with van der Waals surface area (Å²) in [6, 6.07) is 4.22. The third-order valence-corrected chi connectivity index (χ3v) is 3.53. The van der Waals surface area contributed by atoms with Gasteiger partial charge in [0.1, 0.15) is 17.3 Å². The maximum atomic E-state index is 13.4. The third kappa shape index (κ3) is 3.77. The molecule has 2 heterocycles. The Labute approximate surface area is 141 Å². The molecule has 0 saturated carbocycles. The molecular formula is C14H14ClFN4O2S. The number of nitrogens with two attached hydrogens (primary N) is 1. The van der Waals surface area contributed by atoms with Crippen molar-refractivity contribution in [2.45, 2.75) is 19.8 Å². The minimum absolute atomic E-state index is 0. The van der Waals surface area contributed by atoms with Gasteiger partial charge in [-0.15, -0.1) is 22.6 Å². The van der Waals surface area contributed by atoms with Crippen molar-refractivity contribution >= 4 is 29.4 Å². The molecule has 2 aromatic heterocycles. The van der Waals surface area contributed by atoms with Gasteiger partial charge in [-0.2, -0.15) is 4.98 Å². The summed E-state index contributed by atoms with van der Waals surface area (Å²) in [6.45, 7) is 3.92. The fraction of sp³-hybridized carbons (Fsp3) is 0.214. The zero-order chi connectivity index (χ0) is 15.7. The number of halogens is 2. The Morgan fingerprint density at radius 2 is 2.09 bits per heavy atom. The van der Waals surface area contributed by atoms with Gasteiger partial charge < -0.3 is 14.9 Å². The number of nitrogens with zero attached hydrogens (tertiary/aromatic N) is 3. The van der Waals surface area contributed by atoms with Crippen LogP contribution < -0.4 is 10.5 Å². The Balaban J connectivity index is 0.00000192. The van der Waals surface area contributed by atoms with Crippen LogP contribution >= 0.6 is 23.7 Å². The van der Waals surface area contributed by atoms with Gasteiger partial charge in [-0.25, -0.2) is 4.39 Å². The normalized spacial score (nSPS) is 10.6. The van der Waals surface area contributed by atoms with Gasteiger partial charge in [0, 0.05) is 17.4 Å². The zero-order valence-corrected chi connectivity index (χ0v) is 13.9. The van der Waals surface area contributed by atoms with E-state index in [4.69, 9.17) is 14.9 Å². The van der Waals surface area contributed by atoms with E-state index in [0.717, 1.165) is 0 Å². The van der Waals surface area contributed by atoms with Gasteiger partial charge in [-0.1, -0.05) is 25.2 Å². The molecule has 3 rings (SSSR count). The van der Waals surface area contributed by atoms with Gasteiger partial charge in [0.2, 0.25) is 5.89 Å². The molecule has 0 aliphatic heterocycles. The van der Waals surface area contributed by atoms with Crippen LogP contribution in [-0.4, -0.2) is 15.2 Å². The molecule has 0 spiro atoms. The van der Waals surface area contributed by atoms with Crippen molar-refractivity contribution in [1.29, 1.82) is 0 Å². The highest BCUT2D eigenvalue weighted by Crippen LogP contribution is 2.30. The Morgan fingerprint density at radius 3 is 2.74 bits per heavy atom. The van der Waals surface area contributed by atoms with Crippen LogP contribution in [-0.2, 0) is 0 Å². The zero-order valence-electron chi connectivity index (χ0n) is 12.3. The van der Waals surface area contributed by atoms with E-state index in [1.54, 1.807) is 11.4 Å². The van der Waals surface area contributed by atoms with Crippen LogP contribution in [0.25, 0.3) is 11.6 Å². The molecular weight excluding hydrogens is 343 g/mol. The average molecular weight is 357 g/mol. The number of benzene rings is 1. The highest BCUT2D eigenvalue weighted by atomic mass is 35.5. The molecule has 1 aromatic carbocycles. The van der Waals surface area contributed by atoms with Crippen molar-refractivity contribution in [3.8, 4) is 22.5 Å². The molecule has 9 heteroatoms. The minimum Gasteiger partial charge on any atom is -0.431 e. The molecule has 0 unspecified atom stereocenters. The molecule has 0 bridgehead atoms. The van der Waals surface area contributed by atoms with Crippen molar-refractivity contribution < 1.29 is 13.5 Å². The summed E-state index contributed by atoms with van der Waals surface area (Å²) in [7, 11) is 0. The first kappa shape index (κ1) is 17.2. The quantitative estimate of drug-likeness (QED) is 0.703. The van der Waals surface area contributed by atoms with Crippen molar-refractivity contribution in [3.63, 3.8) is 0 Å². The van der Waals surface area contributed by atoms with Crippen molar-refractivity contribution in [2.24, 2.45) is 0 Å². The molecule has 0 saturated heterocycles. The van der Waals surface area contributed by atoms with Crippen LogP contribution in [0.1, 0.15) is 25.7 Å². The predicted molar refractivity (Wildman–Crippen MR) is 87.6 cm³/mol. The fourth-order valence-electron chi connectivity index (χ4n) is 1.65. The fourth-order valence-corrected chi connectivity index (χ4v) is 2.31. The lowest BCUT2D eigenvalue weighted by atomic mass is 10.2. The summed E-state index contributed by atoms with van der Waals surface area (Å²) in [6.07, 6.45) is 0. The highest BCUT2D eigenvalue weighted by molar-refractivity contribution is 7.11. The van der Waals surface area contributed by atoms with Crippen LogP contribution in [0.2, 0.25) is 0 Å². The number of ether oxygens (including phenoxy) is 1. The maximum Gasteiger partial charge on any atom is 0.279 e. The van der Waals surface area contributed by atoms with Crippen molar-refractivity contribution in [2.75, 3.05) is 5.73 Å². The van der Waals surface area contributed by atoms with Gasteiger partial charge in [0.15, 0.2) is 0 Å². The van der Waals surface area contributed by atoms with E-state index in [0.29, 0.717) is 28.4 Å². The first-order chi connectivity index (χ1) is 10.5. The van der Waals surface area contributed by atoms with Crippen LogP contribution in [0.3, 0.4) is 0 Å². The summed E-state index contributed by atoms with van der Waals surface area (Å²) in [5.41, 5.74) is 6.01. The molecule has 0 atom stereocenters. The molecule has 2 N–H and O–H groups in total. The van der Waals surface area contributed by atoms with E-state index in [-0.39, 0.29) is 24.0 Å². The smallest absolute Gasteiger partial charge is 0.279 e. The van der Waals surface area contributed by atoms with E-state index in [2.05, 4.69) is 15.2 Å². The molecule has 0 amide bonds. The summed E-state index contributed by atoms with van der Waals surface area (Å²) < 4.78 is 24.4. The number of anilines is 1. The summed E-state index contributed by atoms with van der Waals surface area (Å²) in [5.74, 6) is 0.812. The number of rotatable bonds is 4. The second kappa shape index (κ2) is 6.93. The van der Waals surface area contributed by atoms with Crippen molar-refractivity contribution in [3.05, 3.63) is 35.3 Å². The predicted octanol–water partition coefficient (Wildman–Crippen LogP) is 4.25. The Hall–Kier alpha value is -2.19. The van der Waals surface area contributed by atoms with Gasteiger partial charge >= 0.3 is 0 Å². The molecule has 0 aliphatic rings. The van der Waals surface area contributed by atoms with Gasteiger partial charge in [0.25, 0.3) is 11.1 Å². The lowest BCUT2D eigenvalue weighted by Crippen LogP contribution is -1.91. The van der Waals surface area contributed by atoms with Crippen LogP contribution in [0.4, 0.5) is 10.1 Å². The summed E-state index contributed by atoms with van der Waals surface area (Å²) >= 11 is 1.25. The van der Waals surface area contributed by atoms with Gasteiger partial charge in [0.05, 0.1) is 5.69 Å². The largest absolute Gasteiger partial charge is 0.431 e. The SMILES string of the molecule is CC(C)c1nnc(-c2csc(Oc3ccc(N)c(F)c3)n2)o1.Cl. The Bertz CT molecular complexity index is 806. The van der Waals surface area contributed by atoms with E-state index < -0.39 is 5.82 Å². The third-order valence-electron chi connectivity index (χ3n) is 2.81. The number of hydrogen-bond acceptors (Lipinski definition) is 7. The number of hydrogen-bond donors (Lipinski definition) is 1. The second-order valence-corrected chi connectivity index (χ2v) is 5.70. The van der Waals surface area contributed by atoms with E-state index >= 15 is 0 Å². The molecule has 23 heavy (non-hydrogen) atoms. The Kier molecular flexibility index (Phi) is 5.17. The number of aromatic nitrogens is 3. The topological polar surface area (TPSA) is 87.1 Å². The monoisotopic (exact) mass is 356 g/mol. The molecule has 3 aromatic rings. The Morgan fingerprint density at radius 1 is 1.30 bits per heavy atom. The second-order valence-electron chi connectivity index (χ2n) is 4.88. The van der Waals surface area contributed by atoms with E-state index in [1.807, 2.05) is 13.8 Å². The van der Waals surface area contributed by atoms with Crippen LogP contribution in [0.15, 0.2) is 28.0 Å². The highest BCUT2D eigenvalue weighted by Gasteiger charge is 2.15. The summed E-state index contributed by atoms with van der Waals surface area (Å²) in [4.78, 5) is 4.25. The summed E-state index contributed by atoms with van der Waals surface area (Å²) in [5, 5.41) is 9.99. The molecule has 122 valence electrons. The lowest BCUT2D eigenvalue weighted by molar-refractivity contribution is 0.468. The van der Waals surface area contributed by atoms with E-state index in [1.165, 1.54) is 23.5 Å². The number of nitrogen functional groups attached to an aromatic ring is 1. The number of thiazole rings is 1. The van der Waals surface area contributed by atoms with Crippen LogP contribution in [0, 0.1) is 5.82 Å².